The summed E-state index contributed by atoms with van der Waals surface area (Å²) in [7, 11) is 0. The van der Waals surface area contributed by atoms with E-state index >= 15 is 0 Å². The fourth-order valence-corrected chi connectivity index (χ4v) is 4.41. The van der Waals surface area contributed by atoms with Crippen LogP contribution in [0.25, 0.3) is 21.5 Å². The Kier molecular flexibility index (Phi) is 15.6. The van der Waals surface area contributed by atoms with Gasteiger partial charge >= 0.3 is 92.7 Å². The van der Waals surface area contributed by atoms with Crippen LogP contribution in [0.2, 0.25) is 0 Å². The number of allylic oxidation sites excluding steroid dienone is 4. The Morgan fingerprint density at radius 1 is 0.839 bits per heavy atom. The second-order valence-electron chi connectivity index (χ2n) is 7.84. The first kappa shape index (κ1) is 27.9. The fraction of sp³-hybridized carbons (Fsp3) is 0.379. The number of hydrogen-bond donors (Lipinski definition) is 0. The minimum atomic E-state index is 0. The first-order chi connectivity index (χ1) is 14.8. The molecule has 2 heteroatoms. The van der Waals surface area contributed by atoms with Crippen LogP contribution in [0.1, 0.15) is 71.6 Å². The molecule has 31 heavy (non-hydrogen) atoms. The topological polar surface area (TPSA) is 0 Å². The number of rotatable bonds is 8. The number of hydrogen-bond acceptors (Lipinski definition) is 0. The fourth-order valence-electron chi connectivity index (χ4n) is 3.55. The number of halogens is 1. The Morgan fingerprint density at radius 2 is 1.35 bits per heavy atom. The Morgan fingerprint density at radius 3 is 1.74 bits per heavy atom. The quantitative estimate of drug-likeness (QED) is 0.262. The smallest absolute Gasteiger partial charge is 0.0771 e. The van der Waals surface area contributed by atoms with Crippen molar-refractivity contribution in [2.45, 2.75) is 71.6 Å². The Bertz CT molecular complexity index is 860. The normalized spacial score (nSPS) is 11.4. The molecule has 0 nitrogen and oxygen atoms in total. The van der Waals surface area contributed by atoms with Crippen molar-refractivity contribution in [1.82, 2.24) is 0 Å². The molecule has 1 aliphatic rings. The minimum Gasteiger partial charge on any atom is -1.00 e. The molecule has 0 fully saturated rings. The number of unbranched alkanes of at least 4 members (excludes halogenated alkanes) is 4. The van der Waals surface area contributed by atoms with Crippen LogP contribution >= 0.6 is 0 Å². The molecule has 0 N–H and O–H groups in total. The van der Waals surface area contributed by atoms with E-state index < -0.39 is 0 Å². The largest absolute Gasteiger partial charge is 1.00 e. The summed E-state index contributed by atoms with van der Waals surface area (Å²) in [4.78, 5) is 0. The van der Waals surface area contributed by atoms with Gasteiger partial charge in [0.15, 0.2) is 0 Å². The molecule has 0 spiro atoms. The van der Waals surface area contributed by atoms with E-state index in [0.29, 0.717) is 0 Å². The van der Waals surface area contributed by atoms with Crippen molar-refractivity contribution in [3.8, 4) is 0 Å². The van der Waals surface area contributed by atoms with Gasteiger partial charge in [-0.25, -0.2) is 12.2 Å². The van der Waals surface area contributed by atoms with Gasteiger partial charge in [0.2, 0.25) is 0 Å². The molecule has 0 aromatic heterocycles. The average molecular weight is 511 g/mol. The zero-order valence-corrected chi connectivity index (χ0v) is 22.4. The molecule has 0 heterocycles. The van der Waals surface area contributed by atoms with Crippen LogP contribution in [0.15, 0.2) is 72.8 Å². The minimum absolute atomic E-state index is 0. The molecule has 4 rings (SSSR count). The van der Waals surface area contributed by atoms with Crippen molar-refractivity contribution in [2.75, 3.05) is 0 Å². The van der Waals surface area contributed by atoms with Gasteiger partial charge in [0.05, 0.1) is 0 Å². The van der Waals surface area contributed by atoms with E-state index in [1.807, 2.05) is 15.4 Å². The monoisotopic (exact) mass is 509 g/mol. The first-order valence-corrected chi connectivity index (χ1v) is 12.8. The third kappa shape index (κ3) is 10.8. The van der Waals surface area contributed by atoms with Gasteiger partial charge in [-0.1, -0.05) is 36.4 Å². The molecule has 3 aromatic carbocycles. The zero-order valence-electron chi connectivity index (χ0n) is 19.2. The SMILES string of the molecule is CCCCC[C](=[Zr])CCCCC.[C-]1=CC=CC1.[Cl-].c1ccc2c(c1)[cH-]c1ccccc12. The summed E-state index contributed by atoms with van der Waals surface area (Å²) in [6, 6.07) is 19.3. The van der Waals surface area contributed by atoms with E-state index in [1.54, 1.807) is 24.2 Å². The van der Waals surface area contributed by atoms with Crippen molar-refractivity contribution < 1.29 is 36.6 Å². The maximum Gasteiger partial charge on any atom is -0.0771 e. The van der Waals surface area contributed by atoms with Gasteiger partial charge in [-0.05, 0) is 0 Å². The summed E-state index contributed by atoms with van der Waals surface area (Å²) >= 11 is 1.69. The van der Waals surface area contributed by atoms with Crippen LogP contribution < -0.4 is 12.4 Å². The Balaban J connectivity index is 0.000000249. The van der Waals surface area contributed by atoms with E-state index in [2.05, 4.69) is 80.6 Å². The van der Waals surface area contributed by atoms with Crippen molar-refractivity contribution in [3.63, 3.8) is 0 Å². The summed E-state index contributed by atoms with van der Waals surface area (Å²) < 4.78 is 1.81. The maximum absolute atomic E-state index is 2.99. The van der Waals surface area contributed by atoms with Crippen molar-refractivity contribution in [2.24, 2.45) is 0 Å². The predicted octanol–water partition coefficient (Wildman–Crippen LogP) is 5.89. The van der Waals surface area contributed by atoms with E-state index in [1.165, 1.54) is 72.9 Å². The molecule has 0 bridgehead atoms. The van der Waals surface area contributed by atoms with Crippen molar-refractivity contribution >= 4 is 24.8 Å². The molecule has 0 saturated carbocycles. The molecule has 1 aliphatic carbocycles. The maximum atomic E-state index is 2.99. The van der Waals surface area contributed by atoms with Crippen LogP contribution in [-0.2, 0) is 24.2 Å². The second-order valence-corrected chi connectivity index (χ2v) is 9.58. The van der Waals surface area contributed by atoms with E-state index in [4.69, 9.17) is 0 Å². The molecular formula is C29H36ClZr-3. The second kappa shape index (κ2) is 17.4. The number of benzene rings is 2. The predicted molar refractivity (Wildman–Crippen MR) is 132 cm³/mol. The third-order valence-corrected chi connectivity index (χ3v) is 6.50. The van der Waals surface area contributed by atoms with Crippen molar-refractivity contribution in [3.05, 3.63) is 78.9 Å². The van der Waals surface area contributed by atoms with Crippen LogP contribution in [0, 0.1) is 6.08 Å². The molecule has 0 saturated heterocycles. The summed E-state index contributed by atoms with van der Waals surface area (Å²) in [5.74, 6) is 0. The first-order valence-electron chi connectivity index (χ1n) is 11.6. The van der Waals surface area contributed by atoms with Crippen LogP contribution in [0.5, 0.6) is 0 Å². The molecule has 0 aliphatic heterocycles. The molecular weight excluding hydrogens is 475 g/mol. The van der Waals surface area contributed by atoms with E-state index in [-0.39, 0.29) is 12.4 Å². The average Bonchev–Trinajstić information content (AvgIpc) is 3.46. The van der Waals surface area contributed by atoms with Crippen LogP contribution in [0.4, 0.5) is 0 Å². The van der Waals surface area contributed by atoms with E-state index in [0.717, 1.165) is 6.42 Å². The van der Waals surface area contributed by atoms with Gasteiger partial charge in [-0.2, -0.15) is 6.08 Å². The summed E-state index contributed by atoms with van der Waals surface area (Å²) in [5.41, 5.74) is 0. The number of fused-ring (bicyclic) bond motifs is 3. The van der Waals surface area contributed by atoms with Gasteiger partial charge in [-0.15, -0.1) is 46.2 Å². The standard InChI is InChI=1S/C13H9.C11H22.C5H5.ClH.Zr/c1-3-7-12-10(5-1)9-11-6-2-4-8-13(11)12;1-3-5-7-9-11-10-8-6-4-2;1-2-4-5-3-1;;/h1-9H;3-10H2,1-2H3;1-3H,4H2;1H;/q-1;;-1;;/p-1. The van der Waals surface area contributed by atoms with Gasteiger partial charge in [0.1, 0.15) is 0 Å². The molecule has 0 radical (unpaired) electrons. The van der Waals surface area contributed by atoms with Crippen LogP contribution in [-0.4, -0.2) is 3.21 Å². The van der Waals surface area contributed by atoms with Gasteiger partial charge in [0.25, 0.3) is 0 Å². The van der Waals surface area contributed by atoms with E-state index in [9.17, 15) is 0 Å². The summed E-state index contributed by atoms with van der Waals surface area (Å²) in [6.45, 7) is 4.56. The molecule has 0 atom stereocenters. The molecule has 3 aromatic rings. The Hall–Kier alpha value is -1.17. The third-order valence-electron chi connectivity index (χ3n) is 5.27. The van der Waals surface area contributed by atoms with Gasteiger partial charge in [-0.3, -0.25) is 6.08 Å². The van der Waals surface area contributed by atoms with Gasteiger partial charge in [0, 0.05) is 0 Å². The Labute approximate surface area is 210 Å². The van der Waals surface area contributed by atoms with Crippen molar-refractivity contribution in [1.29, 1.82) is 0 Å². The molecule has 0 amide bonds. The summed E-state index contributed by atoms with van der Waals surface area (Å²) in [6.07, 6.45) is 21.3. The molecule has 166 valence electrons. The van der Waals surface area contributed by atoms with Gasteiger partial charge < -0.3 is 12.4 Å². The molecule has 0 unspecified atom stereocenters. The summed E-state index contributed by atoms with van der Waals surface area (Å²) in [5, 5.41) is 5.39. The zero-order chi connectivity index (χ0) is 21.4. The van der Waals surface area contributed by atoms with Crippen LogP contribution in [0.3, 0.4) is 0 Å².